The van der Waals surface area contributed by atoms with Crippen molar-refractivity contribution in [2.75, 3.05) is 0 Å². The summed E-state index contributed by atoms with van der Waals surface area (Å²) in [4.78, 5) is 29.1. The van der Waals surface area contributed by atoms with E-state index in [0.717, 1.165) is 27.4 Å². The van der Waals surface area contributed by atoms with Gasteiger partial charge in [0.1, 0.15) is 0 Å². The van der Waals surface area contributed by atoms with Gasteiger partial charge in [-0.1, -0.05) is 54.1 Å². The number of nitrogens with zero attached hydrogens (tertiary/aromatic N) is 2. The van der Waals surface area contributed by atoms with Crippen LogP contribution in [-0.2, 0) is 7.05 Å². The fourth-order valence-electron chi connectivity index (χ4n) is 3.93. The number of allylic oxidation sites excluding steroid dienone is 1. The monoisotopic (exact) mass is 439 g/mol. The number of H-pyrrole nitrogens is 1. The Hall–Kier alpha value is -3.96. The maximum Gasteiger partial charge on any atom is 0.260 e. The maximum atomic E-state index is 13.3. The van der Waals surface area contributed by atoms with Gasteiger partial charge in [0.25, 0.3) is 5.56 Å². The second-order valence-corrected chi connectivity index (χ2v) is 8.02. The van der Waals surface area contributed by atoms with Crippen LogP contribution in [0.2, 0.25) is 5.02 Å². The molecule has 0 radical (unpaired) electrons. The van der Waals surface area contributed by atoms with Crippen LogP contribution < -0.4 is 5.56 Å². The van der Waals surface area contributed by atoms with E-state index in [-0.39, 0.29) is 11.3 Å². The Morgan fingerprint density at radius 2 is 1.88 bits per heavy atom. The molecule has 0 aliphatic rings. The number of aryl methyl sites for hydroxylation is 1. The Labute approximate surface area is 188 Å². The molecular weight excluding hydrogens is 422 g/mol. The number of pyridine rings is 1. The highest BCUT2D eigenvalue weighted by atomic mass is 35.5. The van der Waals surface area contributed by atoms with Gasteiger partial charge in [0.15, 0.2) is 5.78 Å². The molecule has 5 nitrogen and oxygen atoms in total. The molecule has 3 aromatic carbocycles. The first-order valence-corrected chi connectivity index (χ1v) is 10.4. The highest BCUT2D eigenvalue weighted by Crippen LogP contribution is 2.31. The average molecular weight is 440 g/mol. The summed E-state index contributed by atoms with van der Waals surface area (Å²) in [6.45, 7) is 0. The van der Waals surface area contributed by atoms with Gasteiger partial charge in [-0.3, -0.25) is 14.3 Å². The maximum absolute atomic E-state index is 13.3. The Bertz CT molecular complexity index is 1580. The summed E-state index contributed by atoms with van der Waals surface area (Å²) in [6.07, 6.45) is 5.07. The van der Waals surface area contributed by atoms with Gasteiger partial charge in [0.2, 0.25) is 0 Å². The van der Waals surface area contributed by atoms with Crippen LogP contribution >= 0.6 is 11.6 Å². The molecule has 2 heterocycles. The Morgan fingerprint density at radius 1 is 1.06 bits per heavy atom. The zero-order chi connectivity index (χ0) is 22.2. The zero-order valence-corrected chi connectivity index (χ0v) is 17.9. The number of aromatic amines is 1. The molecule has 0 atom stereocenters. The summed E-state index contributed by atoms with van der Waals surface area (Å²) in [5, 5.41) is 6.58. The molecule has 0 bridgehead atoms. The highest BCUT2D eigenvalue weighted by molar-refractivity contribution is 6.31. The van der Waals surface area contributed by atoms with E-state index in [4.69, 9.17) is 11.6 Å². The second-order valence-electron chi connectivity index (χ2n) is 7.58. The first-order chi connectivity index (χ1) is 15.5. The van der Waals surface area contributed by atoms with Crippen LogP contribution in [-0.4, -0.2) is 20.5 Å². The molecule has 0 amide bonds. The van der Waals surface area contributed by atoms with Crippen molar-refractivity contribution in [3.8, 4) is 11.1 Å². The van der Waals surface area contributed by atoms with E-state index in [9.17, 15) is 9.59 Å². The van der Waals surface area contributed by atoms with Gasteiger partial charge in [0, 0.05) is 40.1 Å². The number of benzene rings is 3. The van der Waals surface area contributed by atoms with Gasteiger partial charge >= 0.3 is 0 Å². The minimum absolute atomic E-state index is 0.0877. The number of halogens is 1. The molecule has 0 saturated carbocycles. The van der Waals surface area contributed by atoms with Crippen molar-refractivity contribution >= 4 is 45.3 Å². The number of hydrogen-bond donors (Lipinski definition) is 1. The first kappa shape index (κ1) is 20.0. The van der Waals surface area contributed by atoms with Gasteiger partial charge in [-0.15, -0.1) is 0 Å². The molecule has 5 rings (SSSR count). The number of carbonyl (C=O) groups excluding carboxylic acids is 1. The van der Waals surface area contributed by atoms with Crippen molar-refractivity contribution in [1.29, 1.82) is 0 Å². The molecule has 0 fully saturated rings. The number of hydrogen-bond acceptors (Lipinski definition) is 3. The van der Waals surface area contributed by atoms with Crippen LogP contribution in [0.5, 0.6) is 0 Å². The minimum atomic E-state index is -0.434. The topological polar surface area (TPSA) is 67.8 Å². The van der Waals surface area contributed by atoms with Crippen molar-refractivity contribution in [3.05, 3.63) is 106 Å². The summed E-state index contributed by atoms with van der Waals surface area (Å²) in [5.74, 6) is -0.377. The lowest BCUT2D eigenvalue weighted by Gasteiger charge is -2.11. The molecule has 2 aromatic heterocycles. The van der Waals surface area contributed by atoms with E-state index in [1.54, 1.807) is 29.0 Å². The quantitative estimate of drug-likeness (QED) is 0.291. The molecule has 156 valence electrons. The van der Waals surface area contributed by atoms with Crippen LogP contribution in [0.25, 0.3) is 39.0 Å². The fraction of sp³-hybridized carbons (Fsp3) is 0.0385. The predicted molar refractivity (Wildman–Crippen MR) is 129 cm³/mol. The largest absolute Gasteiger partial charge is 0.321 e. The summed E-state index contributed by atoms with van der Waals surface area (Å²) >= 11 is 6.24. The van der Waals surface area contributed by atoms with Gasteiger partial charge in [0.05, 0.1) is 11.1 Å². The van der Waals surface area contributed by atoms with Gasteiger partial charge in [-0.25, -0.2) is 0 Å². The molecule has 32 heavy (non-hydrogen) atoms. The van der Waals surface area contributed by atoms with Crippen molar-refractivity contribution in [2.24, 2.45) is 7.05 Å². The van der Waals surface area contributed by atoms with Crippen LogP contribution in [0.15, 0.2) is 83.8 Å². The molecule has 0 saturated heterocycles. The third kappa shape index (κ3) is 3.63. The zero-order valence-electron chi connectivity index (χ0n) is 17.2. The van der Waals surface area contributed by atoms with Crippen LogP contribution in [0.4, 0.5) is 0 Å². The van der Waals surface area contributed by atoms with E-state index in [2.05, 4.69) is 10.1 Å². The van der Waals surface area contributed by atoms with Crippen LogP contribution in [0, 0.1) is 0 Å². The lowest BCUT2D eigenvalue weighted by atomic mass is 9.94. The smallest absolute Gasteiger partial charge is 0.260 e. The van der Waals surface area contributed by atoms with Gasteiger partial charge < -0.3 is 4.98 Å². The van der Waals surface area contributed by atoms with Crippen molar-refractivity contribution in [1.82, 2.24) is 14.8 Å². The number of carbonyl (C=O) groups is 1. The third-order valence-corrected chi connectivity index (χ3v) is 5.59. The van der Waals surface area contributed by atoms with E-state index in [1.807, 2.05) is 61.8 Å². The Morgan fingerprint density at radius 3 is 2.69 bits per heavy atom. The lowest BCUT2D eigenvalue weighted by Crippen LogP contribution is -2.18. The Balaban J connectivity index is 1.65. The predicted octanol–water partition coefficient (Wildman–Crippen LogP) is 5.63. The highest BCUT2D eigenvalue weighted by Gasteiger charge is 2.19. The second kappa shape index (κ2) is 7.94. The fourth-order valence-corrected chi connectivity index (χ4v) is 4.10. The molecule has 6 heteroatoms. The van der Waals surface area contributed by atoms with Gasteiger partial charge in [-0.2, -0.15) is 5.10 Å². The van der Waals surface area contributed by atoms with Crippen molar-refractivity contribution in [2.45, 2.75) is 0 Å². The summed E-state index contributed by atoms with van der Waals surface area (Å²) < 4.78 is 1.75. The van der Waals surface area contributed by atoms with Crippen molar-refractivity contribution in [3.63, 3.8) is 0 Å². The van der Waals surface area contributed by atoms with Crippen molar-refractivity contribution < 1.29 is 4.79 Å². The van der Waals surface area contributed by atoms with E-state index in [1.165, 1.54) is 6.08 Å². The summed E-state index contributed by atoms with van der Waals surface area (Å²) in [5.41, 5.74) is 3.36. The molecule has 0 aliphatic heterocycles. The van der Waals surface area contributed by atoms with Crippen LogP contribution in [0.3, 0.4) is 0 Å². The minimum Gasteiger partial charge on any atom is -0.321 e. The first-order valence-electron chi connectivity index (χ1n) is 10.1. The number of ketones is 1. The van der Waals surface area contributed by atoms with Gasteiger partial charge in [-0.05, 0) is 47.5 Å². The van der Waals surface area contributed by atoms with E-state index < -0.39 is 5.56 Å². The van der Waals surface area contributed by atoms with E-state index in [0.29, 0.717) is 16.1 Å². The third-order valence-electron chi connectivity index (χ3n) is 5.36. The SMILES string of the molecule is Cn1cc2cc(/C=C/C(=O)c3c(-c4ccccc4)c4cc(Cl)ccc4[nH]c3=O)ccc2n1. The number of rotatable bonds is 4. The van der Waals surface area contributed by atoms with E-state index >= 15 is 0 Å². The molecule has 0 aliphatic carbocycles. The molecular formula is C26H18ClN3O2. The average Bonchev–Trinajstić information content (AvgIpc) is 3.16. The van der Waals surface area contributed by atoms with Crippen LogP contribution in [0.1, 0.15) is 15.9 Å². The Kier molecular flexibility index (Phi) is 4.96. The molecule has 5 aromatic rings. The number of fused-ring (bicyclic) bond motifs is 2. The standard InChI is InChI=1S/C26H18ClN3O2/c1-30-15-18-13-16(7-10-21(18)29-30)8-12-23(31)25-24(17-5-3-2-4-6-17)20-14-19(27)9-11-22(20)28-26(25)32/h2-15H,1H3,(H,28,32)/b12-8+. The number of aromatic nitrogens is 3. The molecule has 0 spiro atoms. The summed E-state index contributed by atoms with van der Waals surface area (Å²) in [6, 6.07) is 20.4. The molecule has 1 N–H and O–H groups in total. The lowest BCUT2D eigenvalue weighted by molar-refractivity contribution is 0.104. The number of nitrogens with one attached hydrogen (secondary N) is 1. The summed E-state index contributed by atoms with van der Waals surface area (Å²) in [7, 11) is 1.86. The normalized spacial score (nSPS) is 11.6. The molecule has 0 unspecified atom stereocenters.